The van der Waals surface area contributed by atoms with E-state index >= 15 is 0 Å². The molecule has 1 aromatic carbocycles. The van der Waals surface area contributed by atoms with Crippen LogP contribution < -0.4 is 4.74 Å². The number of para-hydroxylation sites is 1. The van der Waals surface area contributed by atoms with E-state index in [1.165, 1.54) is 0 Å². The third kappa shape index (κ3) is 2.66. The van der Waals surface area contributed by atoms with Crippen molar-refractivity contribution in [3.05, 3.63) is 30.3 Å². The van der Waals surface area contributed by atoms with E-state index in [2.05, 4.69) is 12.6 Å². The first-order valence-electron chi connectivity index (χ1n) is 4.82. The summed E-state index contributed by atoms with van der Waals surface area (Å²) in [5.74, 6) is 0.902. The summed E-state index contributed by atoms with van der Waals surface area (Å²) in [6.45, 7) is 1.37. The number of hydrogen-bond donors (Lipinski definition) is 1. The molecule has 0 spiro atoms. The second-order valence-electron chi connectivity index (χ2n) is 3.47. The molecule has 0 saturated carbocycles. The summed E-state index contributed by atoms with van der Waals surface area (Å²) < 4.78 is 11.1. The van der Waals surface area contributed by atoms with Gasteiger partial charge in [0.2, 0.25) is 0 Å². The highest BCUT2D eigenvalue weighted by Crippen LogP contribution is 2.19. The molecule has 0 N–H and O–H groups in total. The van der Waals surface area contributed by atoms with Crippen molar-refractivity contribution in [1.29, 1.82) is 0 Å². The van der Waals surface area contributed by atoms with Gasteiger partial charge in [0.25, 0.3) is 0 Å². The normalized spacial score (nSPS) is 26.4. The molecule has 2 atom stereocenters. The lowest BCUT2D eigenvalue weighted by Gasteiger charge is -2.10. The average Bonchev–Trinajstić information content (AvgIpc) is 2.63. The first-order chi connectivity index (χ1) is 6.84. The molecule has 2 unspecified atom stereocenters. The Morgan fingerprint density at radius 3 is 2.79 bits per heavy atom. The minimum atomic E-state index is 0.206. The highest BCUT2D eigenvalue weighted by atomic mass is 32.1. The molecule has 2 nitrogen and oxygen atoms in total. The van der Waals surface area contributed by atoms with E-state index in [-0.39, 0.29) is 6.10 Å². The van der Waals surface area contributed by atoms with Crippen LogP contribution in [0.1, 0.15) is 6.42 Å². The van der Waals surface area contributed by atoms with Crippen LogP contribution in [0.5, 0.6) is 5.75 Å². The van der Waals surface area contributed by atoms with Gasteiger partial charge in [-0.25, -0.2) is 0 Å². The summed E-state index contributed by atoms with van der Waals surface area (Å²) in [5, 5.41) is 0.374. The summed E-state index contributed by atoms with van der Waals surface area (Å²) in [6, 6.07) is 9.81. The van der Waals surface area contributed by atoms with Crippen molar-refractivity contribution in [3.8, 4) is 5.75 Å². The number of rotatable bonds is 3. The highest BCUT2D eigenvalue weighted by molar-refractivity contribution is 7.81. The Balaban J connectivity index is 1.78. The molecule has 2 rings (SSSR count). The van der Waals surface area contributed by atoms with Crippen LogP contribution in [0.25, 0.3) is 0 Å². The SMILES string of the molecule is SC1COC(COc2ccccc2)C1. The molecule has 76 valence electrons. The molecule has 1 heterocycles. The summed E-state index contributed by atoms with van der Waals surface area (Å²) in [5.41, 5.74) is 0. The van der Waals surface area contributed by atoms with Crippen molar-refractivity contribution < 1.29 is 9.47 Å². The zero-order valence-electron chi connectivity index (χ0n) is 7.93. The third-order valence-corrected chi connectivity index (χ3v) is 2.60. The van der Waals surface area contributed by atoms with E-state index in [1.54, 1.807) is 0 Å². The van der Waals surface area contributed by atoms with Gasteiger partial charge in [-0.05, 0) is 18.6 Å². The molecule has 3 heteroatoms. The summed E-state index contributed by atoms with van der Waals surface area (Å²) in [4.78, 5) is 0. The van der Waals surface area contributed by atoms with Gasteiger partial charge in [-0.3, -0.25) is 0 Å². The molecule has 1 aliphatic heterocycles. The van der Waals surface area contributed by atoms with Gasteiger partial charge in [0.05, 0.1) is 12.7 Å². The molecular formula is C11H14O2S. The largest absolute Gasteiger partial charge is 0.491 e. The molecule has 1 saturated heterocycles. The Bertz CT molecular complexity index is 276. The quantitative estimate of drug-likeness (QED) is 0.771. The van der Waals surface area contributed by atoms with Crippen molar-refractivity contribution in [2.75, 3.05) is 13.2 Å². The molecule has 0 amide bonds. The van der Waals surface area contributed by atoms with Gasteiger partial charge in [-0.1, -0.05) is 18.2 Å². The van der Waals surface area contributed by atoms with Gasteiger partial charge >= 0.3 is 0 Å². The molecule has 1 aliphatic rings. The summed E-state index contributed by atoms with van der Waals surface area (Å²) in [6.07, 6.45) is 1.19. The van der Waals surface area contributed by atoms with Gasteiger partial charge in [0, 0.05) is 5.25 Å². The maximum absolute atomic E-state index is 5.58. The number of hydrogen-bond acceptors (Lipinski definition) is 3. The van der Waals surface area contributed by atoms with Gasteiger partial charge in [0.1, 0.15) is 12.4 Å². The van der Waals surface area contributed by atoms with Gasteiger partial charge < -0.3 is 9.47 Å². The molecule has 0 radical (unpaired) electrons. The molecule has 1 fully saturated rings. The monoisotopic (exact) mass is 210 g/mol. The van der Waals surface area contributed by atoms with E-state index in [0.717, 1.165) is 18.8 Å². The molecule has 14 heavy (non-hydrogen) atoms. The van der Waals surface area contributed by atoms with Crippen molar-refractivity contribution in [3.63, 3.8) is 0 Å². The Morgan fingerprint density at radius 1 is 1.36 bits per heavy atom. The first-order valence-corrected chi connectivity index (χ1v) is 5.34. The maximum Gasteiger partial charge on any atom is 0.119 e. The fraction of sp³-hybridized carbons (Fsp3) is 0.455. The molecule has 0 aromatic heterocycles. The van der Waals surface area contributed by atoms with Crippen LogP contribution >= 0.6 is 12.6 Å². The lowest BCUT2D eigenvalue weighted by Crippen LogP contribution is -2.16. The second-order valence-corrected chi connectivity index (χ2v) is 4.20. The number of ether oxygens (including phenoxy) is 2. The second kappa shape index (κ2) is 4.71. The van der Waals surface area contributed by atoms with Crippen LogP contribution in [0.2, 0.25) is 0 Å². The lowest BCUT2D eigenvalue weighted by molar-refractivity contribution is 0.0682. The van der Waals surface area contributed by atoms with Crippen LogP contribution in [-0.2, 0) is 4.74 Å². The first kappa shape index (κ1) is 9.87. The lowest BCUT2D eigenvalue weighted by atomic mass is 10.2. The van der Waals surface area contributed by atoms with Gasteiger partial charge in [0.15, 0.2) is 0 Å². The van der Waals surface area contributed by atoms with Crippen molar-refractivity contribution >= 4 is 12.6 Å². The van der Waals surface area contributed by atoms with E-state index in [0.29, 0.717) is 11.9 Å². The average molecular weight is 210 g/mol. The van der Waals surface area contributed by atoms with Crippen molar-refractivity contribution in [1.82, 2.24) is 0 Å². The Kier molecular flexibility index (Phi) is 3.32. The molecule has 0 bridgehead atoms. The minimum Gasteiger partial charge on any atom is -0.491 e. The number of thiol groups is 1. The van der Waals surface area contributed by atoms with E-state index in [1.807, 2.05) is 30.3 Å². The molecular weight excluding hydrogens is 196 g/mol. The smallest absolute Gasteiger partial charge is 0.119 e. The van der Waals surface area contributed by atoms with Gasteiger partial charge in [-0.15, -0.1) is 0 Å². The fourth-order valence-electron chi connectivity index (χ4n) is 1.51. The third-order valence-electron chi connectivity index (χ3n) is 2.24. The van der Waals surface area contributed by atoms with Crippen LogP contribution in [0.3, 0.4) is 0 Å². The minimum absolute atomic E-state index is 0.206. The summed E-state index contributed by atoms with van der Waals surface area (Å²) in [7, 11) is 0. The fourth-order valence-corrected chi connectivity index (χ4v) is 1.83. The highest BCUT2D eigenvalue weighted by Gasteiger charge is 2.22. The Hall–Kier alpha value is -0.670. The van der Waals surface area contributed by atoms with E-state index in [4.69, 9.17) is 9.47 Å². The van der Waals surface area contributed by atoms with Crippen LogP contribution in [0.4, 0.5) is 0 Å². The predicted octanol–water partition coefficient (Wildman–Crippen LogP) is 2.15. The maximum atomic E-state index is 5.58. The van der Waals surface area contributed by atoms with Gasteiger partial charge in [-0.2, -0.15) is 12.6 Å². The van der Waals surface area contributed by atoms with Crippen molar-refractivity contribution in [2.24, 2.45) is 0 Å². The number of benzene rings is 1. The molecule has 0 aliphatic carbocycles. The topological polar surface area (TPSA) is 18.5 Å². The molecule has 1 aromatic rings. The van der Waals surface area contributed by atoms with E-state index in [9.17, 15) is 0 Å². The van der Waals surface area contributed by atoms with Crippen LogP contribution in [0, 0.1) is 0 Å². The zero-order chi connectivity index (χ0) is 9.80. The Labute approximate surface area is 89.6 Å². The van der Waals surface area contributed by atoms with Crippen molar-refractivity contribution in [2.45, 2.75) is 17.8 Å². The van der Waals surface area contributed by atoms with E-state index < -0.39 is 0 Å². The standard InChI is InChI=1S/C11H14O2S/c14-11-6-10(13-8-11)7-12-9-4-2-1-3-5-9/h1-5,10-11,14H,6-8H2. The Morgan fingerprint density at radius 2 is 2.14 bits per heavy atom. The zero-order valence-corrected chi connectivity index (χ0v) is 8.82. The van der Waals surface area contributed by atoms with Crippen LogP contribution in [-0.4, -0.2) is 24.6 Å². The van der Waals surface area contributed by atoms with Crippen LogP contribution in [0.15, 0.2) is 30.3 Å². The predicted molar refractivity (Wildman–Crippen MR) is 59.1 cm³/mol. The summed E-state index contributed by atoms with van der Waals surface area (Å²) >= 11 is 4.35.